The third-order valence-electron chi connectivity index (χ3n) is 2.82. The number of aliphatic carboxylic acids is 1. The Kier molecular flexibility index (Phi) is 4.48. The van der Waals surface area contributed by atoms with Gasteiger partial charge in [0.2, 0.25) is 0 Å². The van der Waals surface area contributed by atoms with Gasteiger partial charge in [-0.1, -0.05) is 0 Å². The molecule has 5 nitrogen and oxygen atoms in total. The van der Waals surface area contributed by atoms with Crippen LogP contribution in [-0.4, -0.2) is 50.1 Å². The fraction of sp³-hybridized carbons (Fsp3) is 0.429. The molecule has 1 aromatic carbocycles. The van der Waals surface area contributed by atoms with Crippen molar-refractivity contribution in [2.75, 3.05) is 6.61 Å². The molecule has 3 N–H and O–H groups in total. The van der Waals surface area contributed by atoms with Crippen LogP contribution in [0.25, 0.3) is 0 Å². The molecule has 0 fully saturated rings. The Bertz CT molecular complexity index is 543. The predicted molar refractivity (Wildman–Crippen MR) is 78.8 cm³/mol. The zero-order valence-electron chi connectivity index (χ0n) is 11.5. The zero-order valence-corrected chi connectivity index (χ0v) is 13.2. The van der Waals surface area contributed by atoms with Crippen molar-refractivity contribution in [1.29, 1.82) is 0 Å². The zero-order chi connectivity index (χ0) is 14.8. The number of carboxylic acid groups (broad SMARTS) is 1. The van der Waals surface area contributed by atoms with E-state index in [0.29, 0.717) is 17.8 Å². The number of hydrogen-bond donors (Lipinski definition) is 2. The van der Waals surface area contributed by atoms with Crippen molar-refractivity contribution in [2.45, 2.75) is 30.7 Å². The quantitative estimate of drug-likeness (QED) is 0.760. The van der Waals surface area contributed by atoms with Crippen molar-refractivity contribution >= 4 is 31.3 Å². The van der Waals surface area contributed by atoms with Crippen molar-refractivity contribution < 1.29 is 14.6 Å². The van der Waals surface area contributed by atoms with Gasteiger partial charge in [0.25, 0.3) is 0 Å². The molecule has 0 saturated carbocycles. The van der Waals surface area contributed by atoms with E-state index in [1.807, 2.05) is 38.1 Å². The Morgan fingerprint density at radius 2 is 2.25 bits per heavy atom. The van der Waals surface area contributed by atoms with E-state index >= 15 is 0 Å². The first-order valence-electron chi connectivity index (χ1n) is 6.32. The van der Waals surface area contributed by atoms with E-state index in [1.54, 1.807) is 0 Å². The molecule has 0 saturated heterocycles. The van der Waals surface area contributed by atoms with Gasteiger partial charge in [0.1, 0.15) is 0 Å². The first-order chi connectivity index (χ1) is 9.39. The number of carbonyl (C=O) groups is 1. The van der Waals surface area contributed by atoms with Crippen LogP contribution in [-0.2, 0) is 9.53 Å². The Hall–Kier alpha value is -1.36. The summed E-state index contributed by atoms with van der Waals surface area (Å²) in [6.45, 7) is 4.61. The van der Waals surface area contributed by atoms with Crippen molar-refractivity contribution in [3.8, 4) is 0 Å². The first kappa shape index (κ1) is 15.0. The number of hydrogen-bond acceptors (Lipinski definition) is 4. The van der Waals surface area contributed by atoms with Crippen LogP contribution in [0.1, 0.15) is 19.4 Å². The van der Waals surface area contributed by atoms with Crippen molar-refractivity contribution in [1.82, 2.24) is 0 Å². The molecule has 0 amide bonds. The Morgan fingerprint density at radius 1 is 1.55 bits per heavy atom. The molecule has 1 aliphatic heterocycles. The minimum atomic E-state index is -0.958. The molecule has 0 aliphatic carbocycles. The van der Waals surface area contributed by atoms with E-state index in [-0.39, 0.29) is 20.5 Å². The van der Waals surface area contributed by atoms with Crippen LogP contribution in [0.4, 0.5) is 0 Å². The summed E-state index contributed by atoms with van der Waals surface area (Å²) in [5.74, 6) is -0.309. The van der Waals surface area contributed by atoms with E-state index in [2.05, 4.69) is 4.99 Å². The molecule has 0 aromatic heterocycles. The van der Waals surface area contributed by atoms with Gasteiger partial charge in [0, 0.05) is 0 Å². The predicted octanol–water partition coefficient (Wildman–Crippen LogP) is 0.402. The minimum absolute atomic E-state index is 0.0208. The number of rotatable bonds is 5. The molecular formula is C14H18N2O3Se. The number of ether oxygens (including phenoxy) is 1. The van der Waals surface area contributed by atoms with Crippen LogP contribution < -0.4 is 10.2 Å². The number of nitrogens with zero attached hydrogens (tertiary/aromatic N) is 1. The molecule has 1 aromatic rings. The third-order valence-corrected chi connectivity index (χ3v) is 5.32. The van der Waals surface area contributed by atoms with E-state index in [0.717, 1.165) is 10.0 Å². The molecule has 0 unspecified atom stereocenters. The maximum atomic E-state index is 10.8. The van der Waals surface area contributed by atoms with Gasteiger partial charge in [-0.3, -0.25) is 0 Å². The van der Waals surface area contributed by atoms with Gasteiger partial charge in [-0.15, -0.1) is 0 Å². The monoisotopic (exact) mass is 342 g/mol. The second-order valence-electron chi connectivity index (χ2n) is 5.27. The molecule has 6 heteroatoms. The second-order valence-corrected chi connectivity index (χ2v) is 7.50. The van der Waals surface area contributed by atoms with Crippen LogP contribution in [0.15, 0.2) is 29.3 Å². The van der Waals surface area contributed by atoms with Gasteiger partial charge in [-0.05, 0) is 0 Å². The first-order valence-corrected chi connectivity index (χ1v) is 8.39. The third kappa shape index (κ3) is 3.60. The average Bonchev–Trinajstić information content (AvgIpc) is 2.76. The molecule has 1 heterocycles. The second kappa shape index (κ2) is 5.95. The molecule has 0 spiro atoms. The molecule has 0 bridgehead atoms. The molecule has 108 valence electrons. The summed E-state index contributed by atoms with van der Waals surface area (Å²) in [6, 6.07) is 7.01. The summed E-state index contributed by atoms with van der Waals surface area (Å²) in [6.07, 6.45) is 0. The van der Waals surface area contributed by atoms with E-state index < -0.39 is 12.0 Å². The van der Waals surface area contributed by atoms with Gasteiger partial charge in [0.15, 0.2) is 0 Å². The summed E-state index contributed by atoms with van der Waals surface area (Å²) < 4.78 is 6.74. The van der Waals surface area contributed by atoms with Gasteiger partial charge in [-0.25, -0.2) is 0 Å². The van der Waals surface area contributed by atoms with E-state index in [9.17, 15) is 4.79 Å². The van der Waals surface area contributed by atoms with Crippen LogP contribution in [0.2, 0.25) is 5.32 Å². The molecular weight excluding hydrogens is 323 g/mol. The maximum absolute atomic E-state index is 10.8. The van der Waals surface area contributed by atoms with Crippen LogP contribution in [0.5, 0.6) is 0 Å². The number of aliphatic imine (C=N–C) groups is 1. The molecule has 2 rings (SSSR count). The van der Waals surface area contributed by atoms with Crippen molar-refractivity contribution in [3.63, 3.8) is 0 Å². The number of nitrogens with two attached hydrogens (primary N) is 1. The fourth-order valence-corrected chi connectivity index (χ4v) is 3.81. The van der Waals surface area contributed by atoms with Crippen molar-refractivity contribution in [3.05, 3.63) is 29.8 Å². The van der Waals surface area contributed by atoms with Gasteiger partial charge < -0.3 is 0 Å². The summed E-state index contributed by atoms with van der Waals surface area (Å²) in [5, 5.41) is 9.30. The summed E-state index contributed by atoms with van der Waals surface area (Å²) in [5.41, 5.74) is 6.32. The Morgan fingerprint density at radius 3 is 2.85 bits per heavy atom. The molecule has 1 aliphatic rings. The van der Waals surface area contributed by atoms with Crippen molar-refractivity contribution in [2.24, 2.45) is 10.7 Å². The summed E-state index contributed by atoms with van der Waals surface area (Å²) >= 11 is -0.0208. The van der Waals surface area contributed by atoms with E-state index in [4.69, 9.17) is 15.6 Å². The Labute approximate surface area is 124 Å². The number of benzene rings is 1. The van der Waals surface area contributed by atoms with Crippen LogP contribution in [0.3, 0.4) is 0 Å². The van der Waals surface area contributed by atoms with Gasteiger partial charge >= 0.3 is 124 Å². The van der Waals surface area contributed by atoms with E-state index in [1.165, 1.54) is 0 Å². The number of carboxylic acids is 1. The average molecular weight is 341 g/mol. The molecule has 1 atom stereocenters. The van der Waals surface area contributed by atoms with Gasteiger partial charge in [0.05, 0.1) is 0 Å². The SMILES string of the molecule is CC1(C)COC(c2ccccc2[Se]C[C@H](N)C(=O)O)=N1. The standard InChI is InChI=1S/C14H18N2O3Se/c1-14(2)8-19-12(16-14)9-5-3-4-6-11(9)20-7-10(15)13(17)18/h3-6,10H,7-8,15H2,1-2H3,(H,17,18)/t10-/m0/s1. The fourth-order valence-electron chi connectivity index (χ4n) is 1.74. The summed E-state index contributed by atoms with van der Waals surface area (Å²) in [4.78, 5) is 15.4. The normalized spacial score (nSPS) is 18.2. The summed E-state index contributed by atoms with van der Waals surface area (Å²) in [7, 11) is 0. The van der Waals surface area contributed by atoms with Crippen LogP contribution >= 0.6 is 0 Å². The van der Waals surface area contributed by atoms with Gasteiger partial charge in [-0.2, -0.15) is 0 Å². The molecule has 20 heavy (non-hydrogen) atoms. The van der Waals surface area contributed by atoms with Crippen LogP contribution in [0, 0.1) is 0 Å². The molecule has 0 radical (unpaired) electrons. The Balaban J connectivity index is 2.17. The topological polar surface area (TPSA) is 84.9 Å².